The summed E-state index contributed by atoms with van der Waals surface area (Å²) in [6.07, 6.45) is 4.30. The Kier molecular flexibility index (Phi) is 6.02. The maximum absolute atomic E-state index is 11.7. The van der Waals surface area contributed by atoms with Crippen LogP contribution < -0.4 is 5.73 Å². The van der Waals surface area contributed by atoms with E-state index in [0.717, 1.165) is 37.5 Å². The van der Waals surface area contributed by atoms with Crippen molar-refractivity contribution in [2.24, 2.45) is 23.0 Å². The van der Waals surface area contributed by atoms with Crippen molar-refractivity contribution >= 4 is 5.97 Å². The molecule has 2 N–H and O–H groups in total. The number of carbonyl (C=O) groups excluding carboxylic acids is 1. The number of rotatable bonds is 6. The summed E-state index contributed by atoms with van der Waals surface area (Å²) in [5.41, 5.74) is 5.08. The van der Waals surface area contributed by atoms with Crippen molar-refractivity contribution < 1.29 is 14.3 Å². The summed E-state index contributed by atoms with van der Waals surface area (Å²) in [7, 11) is 1.41. The number of nitrogens with two attached hydrogens (primary N) is 1. The zero-order valence-electron chi connectivity index (χ0n) is 13.7. The molecule has 20 heavy (non-hydrogen) atoms. The summed E-state index contributed by atoms with van der Waals surface area (Å²) in [5.74, 6) is 1.25. The van der Waals surface area contributed by atoms with Crippen LogP contribution in [-0.4, -0.2) is 31.8 Å². The van der Waals surface area contributed by atoms with Crippen LogP contribution in [0.3, 0.4) is 0 Å². The van der Waals surface area contributed by atoms with Crippen LogP contribution in [0.4, 0.5) is 0 Å². The maximum atomic E-state index is 11.7. The first kappa shape index (κ1) is 17.4. The maximum Gasteiger partial charge on any atom is 0.313 e. The van der Waals surface area contributed by atoms with Crippen LogP contribution in [0.5, 0.6) is 0 Å². The van der Waals surface area contributed by atoms with Crippen molar-refractivity contribution in [1.29, 1.82) is 0 Å². The summed E-state index contributed by atoms with van der Waals surface area (Å²) in [6, 6.07) is 0. The molecule has 0 bridgehead atoms. The second-order valence-corrected chi connectivity index (χ2v) is 7.13. The third kappa shape index (κ3) is 4.19. The van der Waals surface area contributed by atoms with Gasteiger partial charge in [0, 0.05) is 6.54 Å². The van der Waals surface area contributed by atoms with Crippen LogP contribution in [0, 0.1) is 17.3 Å². The predicted molar refractivity (Wildman–Crippen MR) is 80.3 cm³/mol. The van der Waals surface area contributed by atoms with Crippen molar-refractivity contribution in [2.75, 3.05) is 20.3 Å². The van der Waals surface area contributed by atoms with Gasteiger partial charge >= 0.3 is 5.97 Å². The lowest BCUT2D eigenvalue weighted by molar-refractivity contribution is -0.161. The smallest absolute Gasteiger partial charge is 0.313 e. The van der Waals surface area contributed by atoms with Gasteiger partial charge in [0.2, 0.25) is 0 Å². The van der Waals surface area contributed by atoms with Gasteiger partial charge < -0.3 is 15.2 Å². The molecule has 1 fully saturated rings. The van der Waals surface area contributed by atoms with Crippen LogP contribution in [0.2, 0.25) is 0 Å². The van der Waals surface area contributed by atoms with Gasteiger partial charge in [0.15, 0.2) is 0 Å². The van der Waals surface area contributed by atoms with Crippen LogP contribution in [0.25, 0.3) is 0 Å². The number of methoxy groups -OCH3 is 1. The molecule has 0 aromatic carbocycles. The molecular formula is C16H31NO3. The fourth-order valence-electron chi connectivity index (χ4n) is 2.91. The number of esters is 1. The zero-order valence-corrected chi connectivity index (χ0v) is 13.7. The molecule has 0 amide bonds. The molecular weight excluding hydrogens is 254 g/mol. The first-order valence-electron chi connectivity index (χ1n) is 7.69. The van der Waals surface area contributed by atoms with E-state index < -0.39 is 5.41 Å². The van der Waals surface area contributed by atoms with Crippen LogP contribution in [0.1, 0.15) is 53.4 Å². The van der Waals surface area contributed by atoms with E-state index in [4.69, 9.17) is 15.2 Å². The molecule has 1 aliphatic carbocycles. The number of hydrogen-bond donors (Lipinski definition) is 1. The molecule has 118 valence electrons. The van der Waals surface area contributed by atoms with E-state index in [2.05, 4.69) is 13.8 Å². The Balaban J connectivity index is 2.58. The van der Waals surface area contributed by atoms with E-state index in [1.807, 2.05) is 13.8 Å². The van der Waals surface area contributed by atoms with Crippen molar-refractivity contribution in [3.8, 4) is 0 Å². The summed E-state index contributed by atoms with van der Waals surface area (Å²) in [5, 5.41) is 0. The number of ether oxygens (including phenoxy) is 2. The fourth-order valence-corrected chi connectivity index (χ4v) is 2.91. The molecule has 1 rings (SSSR count). The highest BCUT2D eigenvalue weighted by Gasteiger charge is 2.39. The molecule has 0 unspecified atom stereocenters. The van der Waals surface area contributed by atoms with Gasteiger partial charge in [-0.2, -0.15) is 0 Å². The van der Waals surface area contributed by atoms with Gasteiger partial charge in [-0.15, -0.1) is 0 Å². The van der Waals surface area contributed by atoms with Gasteiger partial charge in [0.05, 0.1) is 24.7 Å². The van der Waals surface area contributed by atoms with Gasteiger partial charge in [0.1, 0.15) is 0 Å². The Morgan fingerprint density at radius 3 is 2.30 bits per heavy atom. The molecule has 4 nitrogen and oxygen atoms in total. The van der Waals surface area contributed by atoms with Crippen LogP contribution >= 0.6 is 0 Å². The molecule has 0 radical (unpaired) electrons. The lowest BCUT2D eigenvalue weighted by atomic mass is 9.74. The zero-order chi connectivity index (χ0) is 15.4. The van der Waals surface area contributed by atoms with E-state index in [0.29, 0.717) is 13.2 Å². The molecule has 1 saturated carbocycles. The molecule has 0 saturated heterocycles. The summed E-state index contributed by atoms with van der Waals surface area (Å²) in [6.45, 7) is 9.15. The highest BCUT2D eigenvalue weighted by molar-refractivity contribution is 5.75. The van der Waals surface area contributed by atoms with E-state index in [9.17, 15) is 4.79 Å². The van der Waals surface area contributed by atoms with Crippen molar-refractivity contribution in [2.45, 2.75) is 59.0 Å². The van der Waals surface area contributed by atoms with Gasteiger partial charge in [-0.05, 0) is 51.4 Å². The number of hydrogen-bond acceptors (Lipinski definition) is 4. The molecule has 0 spiro atoms. The van der Waals surface area contributed by atoms with Crippen molar-refractivity contribution in [3.05, 3.63) is 0 Å². The third-order valence-corrected chi connectivity index (χ3v) is 4.73. The monoisotopic (exact) mass is 285 g/mol. The molecule has 0 heterocycles. The highest BCUT2D eigenvalue weighted by Crippen LogP contribution is 2.38. The average molecular weight is 285 g/mol. The summed E-state index contributed by atoms with van der Waals surface area (Å²) < 4.78 is 10.9. The van der Waals surface area contributed by atoms with Gasteiger partial charge in [-0.25, -0.2) is 0 Å². The normalized spacial score (nSPS) is 27.6. The quantitative estimate of drug-likeness (QED) is 0.762. The largest absolute Gasteiger partial charge is 0.469 e. The minimum atomic E-state index is -0.619. The Bertz CT molecular complexity index is 318. The van der Waals surface area contributed by atoms with Crippen LogP contribution in [0.15, 0.2) is 0 Å². The lowest BCUT2D eigenvalue weighted by Gasteiger charge is -2.41. The Morgan fingerprint density at radius 2 is 1.90 bits per heavy atom. The van der Waals surface area contributed by atoms with Crippen molar-refractivity contribution in [3.63, 3.8) is 0 Å². The fraction of sp³-hybridized carbons (Fsp3) is 0.938. The Morgan fingerprint density at radius 1 is 1.35 bits per heavy atom. The van der Waals surface area contributed by atoms with E-state index >= 15 is 0 Å². The second-order valence-electron chi connectivity index (χ2n) is 7.13. The average Bonchev–Trinajstić information content (AvgIpc) is 2.44. The topological polar surface area (TPSA) is 61.5 Å². The molecule has 1 aliphatic rings. The third-order valence-electron chi connectivity index (χ3n) is 4.73. The highest BCUT2D eigenvalue weighted by atomic mass is 16.5. The predicted octanol–water partition coefficient (Wildman–Crippen LogP) is 2.75. The minimum absolute atomic E-state index is 0.236. The number of carbonyl (C=O) groups is 1. The first-order valence-corrected chi connectivity index (χ1v) is 7.69. The van der Waals surface area contributed by atoms with Gasteiger partial charge in [0.25, 0.3) is 0 Å². The molecule has 0 aliphatic heterocycles. The Labute approximate surface area is 123 Å². The summed E-state index contributed by atoms with van der Waals surface area (Å²) >= 11 is 0. The summed E-state index contributed by atoms with van der Waals surface area (Å²) in [4.78, 5) is 11.7. The van der Waals surface area contributed by atoms with Gasteiger partial charge in [-0.3, -0.25) is 4.79 Å². The second kappa shape index (κ2) is 6.90. The van der Waals surface area contributed by atoms with E-state index in [-0.39, 0.29) is 11.6 Å². The van der Waals surface area contributed by atoms with Gasteiger partial charge in [-0.1, -0.05) is 13.8 Å². The standard InChI is InChI=1S/C16H31NO3/c1-12(2)13-6-8-16(10-17,9-7-13)20-11-15(3,4)14(18)19-5/h12-13H,6-11,17H2,1-5H3. The lowest BCUT2D eigenvalue weighted by Crippen LogP contribution is -2.47. The molecule has 4 heteroatoms. The molecule has 0 aromatic rings. The van der Waals surface area contributed by atoms with E-state index in [1.54, 1.807) is 0 Å². The van der Waals surface area contributed by atoms with Crippen LogP contribution in [-0.2, 0) is 14.3 Å². The van der Waals surface area contributed by atoms with Crippen molar-refractivity contribution in [1.82, 2.24) is 0 Å². The SMILES string of the molecule is COC(=O)C(C)(C)COC1(CN)CCC(C(C)C)CC1. The molecule has 0 aromatic heterocycles. The Hall–Kier alpha value is -0.610. The first-order chi connectivity index (χ1) is 9.26. The molecule has 0 atom stereocenters. The minimum Gasteiger partial charge on any atom is -0.469 e. The van der Waals surface area contributed by atoms with E-state index in [1.165, 1.54) is 7.11 Å².